The highest BCUT2D eigenvalue weighted by Gasteiger charge is 2.04. The monoisotopic (exact) mass is 207 g/mol. The van der Waals surface area contributed by atoms with E-state index in [1.54, 1.807) is 0 Å². The second-order valence-electron chi connectivity index (χ2n) is 3.40. The van der Waals surface area contributed by atoms with E-state index in [9.17, 15) is 4.79 Å². The van der Waals surface area contributed by atoms with Gasteiger partial charge in [0.2, 0.25) is 5.91 Å². The number of carbonyl (C=O) groups is 1. The maximum Gasteiger partial charge on any atom is 0.235 e. The maximum atomic E-state index is 10.9. The van der Waals surface area contributed by atoms with E-state index in [-0.39, 0.29) is 11.9 Å². The van der Waals surface area contributed by atoms with Crippen molar-refractivity contribution in [3.63, 3.8) is 0 Å². The fraction of sp³-hybridized carbons (Fsp3) is 0.364. The van der Waals surface area contributed by atoms with Crippen LogP contribution in [0.1, 0.15) is 24.9 Å². The molecular weight excluding hydrogens is 190 g/mol. The summed E-state index contributed by atoms with van der Waals surface area (Å²) < 4.78 is 0. The summed E-state index contributed by atoms with van der Waals surface area (Å²) in [6.45, 7) is 2.69. The zero-order valence-corrected chi connectivity index (χ0v) is 8.86. The Labute approximate surface area is 89.8 Å². The molecule has 82 valence electrons. The molecule has 0 aliphatic carbocycles. The van der Waals surface area contributed by atoms with E-state index in [1.807, 2.05) is 18.2 Å². The highest BCUT2D eigenvalue weighted by Crippen LogP contribution is 2.10. The minimum atomic E-state index is -0.150. The molecule has 0 unspecified atom stereocenters. The van der Waals surface area contributed by atoms with Crippen molar-refractivity contribution in [2.45, 2.75) is 19.4 Å². The average Bonchev–Trinajstić information content (AvgIpc) is 2.29. The highest BCUT2D eigenvalue weighted by atomic mass is 16.2. The minimum absolute atomic E-state index is 0.150. The Kier molecular flexibility index (Phi) is 4.80. The Hall–Kier alpha value is -1.39. The van der Waals surface area contributed by atoms with Crippen molar-refractivity contribution in [3.05, 3.63) is 35.9 Å². The number of benzene rings is 1. The lowest BCUT2D eigenvalue weighted by Gasteiger charge is -2.13. The first-order chi connectivity index (χ1) is 7.24. The number of rotatable bonds is 5. The lowest BCUT2D eigenvalue weighted by atomic mass is 10.1. The summed E-state index contributed by atoms with van der Waals surface area (Å²) in [7, 11) is 0. The van der Waals surface area contributed by atoms with Crippen molar-refractivity contribution >= 4 is 5.91 Å². The van der Waals surface area contributed by atoms with Crippen LogP contribution in [0.2, 0.25) is 0 Å². The van der Waals surface area contributed by atoms with Gasteiger partial charge in [-0.05, 0) is 12.5 Å². The Balaban J connectivity index is 2.31. The third-order valence-corrected chi connectivity index (χ3v) is 2.26. The SMILES string of the molecule is C[C@H](NCCC(=O)NN)c1ccccc1. The molecule has 0 heterocycles. The number of nitrogens with two attached hydrogens (primary N) is 1. The van der Waals surface area contributed by atoms with Gasteiger partial charge >= 0.3 is 0 Å². The molecule has 4 N–H and O–H groups in total. The zero-order chi connectivity index (χ0) is 11.1. The number of hydrogen-bond donors (Lipinski definition) is 3. The van der Waals surface area contributed by atoms with Crippen molar-refractivity contribution < 1.29 is 4.79 Å². The summed E-state index contributed by atoms with van der Waals surface area (Å²) in [6, 6.07) is 10.3. The lowest BCUT2D eigenvalue weighted by Crippen LogP contribution is -2.33. The largest absolute Gasteiger partial charge is 0.310 e. The van der Waals surface area contributed by atoms with Gasteiger partial charge in [0.15, 0.2) is 0 Å². The first-order valence-corrected chi connectivity index (χ1v) is 5.02. The molecule has 1 aromatic rings. The molecule has 1 amide bonds. The molecule has 0 bridgehead atoms. The molecule has 1 rings (SSSR count). The van der Waals surface area contributed by atoms with Crippen molar-refractivity contribution in [1.29, 1.82) is 0 Å². The quantitative estimate of drug-likeness (QED) is 0.378. The first kappa shape index (κ1) is 11.7. The normalized spacial score (nSPS) is 12.1. The molecule has 0 aliphatic heterocycles. The van der Waals surface area contributed by atoms with Gasteiger partial charge in [0.05, 0.1) is 0 Å². The summed E-state index contributed by atoms with van der Waals surface area (Å²) in [5, 5.41) is 3.25. The molecule has 4 heteroatoms. The van der Waals surface area contributed by atoms with Crippen LogP contribution in [-0.4, -0.2) is 12.5 Å². The van der Waals surface area contributed by atoms with Crippen LogP contribution in [0.25, 0.3) is 0 Å². The average molecular weight is 207 g/mol. The van der Waals surface area contributed by atoms with Crippen LogP contribution in [0, 0.1) is 0 Å². The molecule has 4 nitrogen and oxygen atoms in total. The number of amides is 1. The van der Waals surface area contributed by atoms with Crippen molar-refractivity contribution in [2.75, 3.05) is 6.54 Å². The van der Waals surface area contributed by atoms with Crippen LogP contribution in [0.4, 0.5) is 0 Å². The molecule has 1 atom stereocenters. The zero-order valence-electron chi connectivity index (χ0n) is 8.86. The van der Waals surface area contributed by atoms with Gasteiger partial charge < -0.3 is 5.32 Å². The van der Waals surface area contributed by atoms with E-state index in [4.69, 9.17) is 5.84 Å². The summed E-state index contributed by atoms with van der Waals surface area (Å²) in [5.41, 5.74) is 3.31. The summed E-state index contributed by atoms with van der Waals surface area (Å²) in [5.74, 6) is 4.82. The molecule has 0 aromatic heterocycles. The summed E-state index contributed by atoms with van der Waals surface area (Å²) >= 11 is 0. The predicted molar refractivity (Wildman–Crippen MR) is 59.8 cm³/mol. The van der Waals surface area contributed by atoms with E-state index in [0.717, 1.165) is 0 Å². The summed E-state index contributed by atoms with van der Waals surface area (Å²) in [4.78, 5) is 10.9. The van der Waals surface area contributed by atoms with Crippen molar-refractivity contribution in [1.82, 2.24) is 10.7 Å². The fourth-order valence-corrected chi connectivity index (χ4v) is 1.33. The summed E-state index contributed by atoms with van der Waals surface area (Å²) in [6.07, 6.45) is 0.397. The standard InChI is InChI=1S/C11H17N3O/c1-9(10-5-3-2-4-6-10)13-8-7-11(15)14-12/h2-6,9,13H,7-8,12H2,1H3,(H,14,15)/t9-/m0/s1. The van der Waals surface area contributed by atoms with Gasteiger partial charge in [0, 0.05) is 19.0 Å². The van der Waals surface area contributed by atoms with Crippen LogP contribution in [0.15, 0.2) is 30.3 Å². The Bertz CT molecular complexity index is 300. The third-order valence-electron chi connectivity index (χ3n) is 2.26. The second-order valence-corrected chi connectivity index (χ2v) is 3.40. The van der Waals surface area contributed by atoms with E-state index in [0.29, 0.717) is 13.0 Å². The Morgan fingerprint density at radius 2 is 2.07 bits per heavy atom. The topological polar surface area (TPSA) is 67.2 Å². The van der Waals surface area contributed by atoms with Gasteiger partial charge in [0.1, 0.15) is 0 Å². The van der Waals surface area contributed by atoms with Crippen molar-refractivity contribution in [2.24, 2.45) is 5.84 Å². The van der Waals surface area contributed by atoms with E-state index in [1.165, 1.54) is 5.56 Å². The number of hydrogen-bond acceptors (Lipinski definition) is 3. The highest BCUT2D eigenvalue weighted by molar-refractivity contribution is 5.75. The van der Waals surface area contributed by atoms with Gasteiger partial charge in [0.25, 0.3) is 0 Å². The van der Waals surface area contributed by atoms with Crippen LogP contribution in [0.3, 0.4) is 0 Å². The van der Waals surface area contributed by atoms with E-state index in [2.05, 4.69) is 29.8 Å². The Morgan fingerprint density at radius 1 is 1.40 bits per heavy atom. The predicted octanol–water partition coefficient (Wildman–Crippen LogP) is 0.717. The molecule has 1 aromatic carbocycles. The molecule has 0 aliphatic rings. The molecule has 15 heavy (non-hydrogen) atoms. The molecule has 0 saturated heterocycles. The molecular formula is C11H17N3O. The maximum absolute atomic E-state index is 10.9. The molecule has 0 spiro atoms. The molecule has 0 saturated carbocycles. The third kappa shape index (κ3) is 4.10. The van der Waals surface area contributed by atoms with Crippen LogP contribution in [0.5, 0.6) is 0 Å². The Morgan fingerprint density at radius 3 is 2.67 bits per heavy atom. The number of nitrogens with one attached hydrogen (secondary N) is 2. The van der Waals surface area contributed by atoms with Crippen LogP contribution in [-0.2, 0) is 4.79 Å². The van der Waals surface area contributed by atoms with Crippen LogP contribution < -0.4 is 16.6 Å². The fourth-order valence-electron chi connectivity index (χ4n) is 1.33. The van der Waals surface area contributed by atoms with Gasteiger partial charge in [-0.25, -0.2) is 5.84 Å². The molecule has 0 fully saturated rings. The lowest BCUT2D eigenvalue weighted by molar-refractivity contribution is -0.121. The van der Waals surface area contributed by atoms with Gasteiger partial charge in [-0.3, -0.25) is 10.2 Å². The van der Waals surface area contributed by atoms with Gasteiger partial charge in [-0.1, -0.05) is 30.3 Å². The van der Waals surface area contributed by atoms with Crippen LogP contribution >= 0.6 is 0 Å². The first-order valence-electron chi connectivity index (χ1n) is 5.02. The second kappa shape index (κ2) is 6.16. The van der Waals surface area contributed by atoms with Crippen molar-refractivity contribution in [3.8, 4) is 0 Å². The number of carbonyl (C=O) groups excluding carboxylic acids is 1. The molecule has 0 radical (unpaired) electrons. The minimum Gasteiger partial charge on any atom is -0.310 e. The van der Waals surface area contributed by atoms with E-state index >= 15 is 0 Å². The van der Waals surface area contributed by atoms with E-state index < -0.39 is 0 Å². The smallest absolute Gasteiger partial charge is 0.235 e. The van der Waals surface area contributed by atoms with Gasteiger partial charge in [-0.2, -0.15) is 0 Å². The van der Waals surface area contributed by atoms with Gasteiger partial charge in [-0.15, -0.1) is 0 Å². The number of hydrazine groups is 1.